The van der Waals surface area contributed by atoms with Crippen LogP contribution in [-0.2, 0) is 0 Å². The summed E-state index contributed by atoms with van der Waals surface area (Å²) >= 11 is 0. The van der Waals surface area contributed by atoms with Gasteiger partial charge in [0, 0.05) is 11.1 Å². The van der Waals surface area contributed by atoms with E-state index in [0.29, 0.717) is 0 Å². The molecule has 98 valence electrons. The molecule has 2 aromatic rings. The van der Waals surface area contributed by atoms with Gasteiger partial charge in [-0.2, -0.15) is 0 Å². The van der Waals surface area contributed by atoms with Crippen LogP contribution in [0.2, 0.25) is 0 Å². The quantitative estimate of drug-likeness (QED) is 0.898. The van der Waals surface area contributed by atoms with Crippen molar-refractivity contribution in [3.05, 3.63) is 58.9 Å². The van der Waals surface area contributed by atoms with Crippen molar-refractivity contribution in [3.8, 4) is 11.1 Å². The van der Waals surface area contributed by atoms with Gasteiger partial charge in [-0.1, -0.05) is 0 Å². The second-order valence-corrected chi connectivity index (χ2v) is 4.08. The summed E-state index contributed by atoms with van der Waals surface area (Å²) in [5.74, 6) is -3.54. The number of aromatic carboxylic acids is 1. The van der Waals surface area contributed by atoms with Crippen molar-refractivity contribution in [1.29, 1.82) is 0 Å². The van der Waals surface area contributed by atoms with Crippen molar-refractivity contribution in [2.45, 2.75) is 6.92 Å². The molecule has 0 fully saturated rings. The van der Waals surface area contributed by atoms with E-state index in [9.17, 15) is 18.0 Å². The highest BCUT2D eigenvalue weighted by atomic mass is 19.1. The van der Waals surface area contributed by atoms with E-state index in [2.05, 4.69) is 0 Å². The van der Waals surface area contributed by atoms with Gasteiger partial charge in [0.15, 0.2) is 0 Å². The molecule has 0 radical (unpaired) electrons. The van der Waals surface area contributed by atoms with Gasteiger partial charge in [-0.25, -0.2) is 18.0 Å². The van der Waals surface area contributed by atoms with E-state index in [1.165, 1.54) is 6.92 Å². The molecule has 0 aromatic heterocycles. The Morgan fingerprint density at radius 3 is 2.32 bits per heavy atom. The van der Waals surface area contributed by atoms with Crippen molar-refractivity contribution in [1.82, 2.24) is 0 Å². The van der Waals surface area contributed by atoms with Gasteiger partial charge in [0.1, 0.15) is 17.5 Å². The third-order valence-corrected chi connectivity index (χ3v) is 2.75. The number of benzene rings is 2. The number of carboxylic acids is 1. The first-order valence-electron chi connectivity index (χ1n) is 5.39. The lowest BCUT2D eigenvalue weighted by Gasteiger charge is -2.09. The second kappa shape index (κ2) is 4.76. The largest absolute Gasteiger partial charge is 0.478 e. The van der Waals surface area contributed by atoms with E-state index >= 15 is 0 Å². The molecule has 0 aliphatic heterocycles. The zero-order valence-corrected chi connectivity index (χ0v) is 9.88. The van der Waals surface area contributed by atoms with E-state index in [1.54, 1.807) is 0 Å². The Morgan fingerprint density at radius 1 is 1.00 bits per heavy atom. The predicted molar refractivity (Wildman–Crippen MR) is 63.4 cm³/mol. The van der Waals surface area contributed by atoms with Crippen molar-refractivity contribution in [2.24, 2.45) is 0 Å². The summed E-state index contributed by atoms with van der Waals surface area (Å²) in [5.41, 5.74) is -0.665. The zero-order valence-electron chi connectivity index (χ0n) is 9.88. The van der Waals surface area contributed by atoms with Crippen LogP contribution in [0.15, 0.2) is 30.3 Å². The van der Waals surface area contributed by atoms with Gasteiger partial charge in [0.05, 0.1) is 5.56 Å². The molecule has 0 bridgehead atoms. The van der Waals surface area contributed by atoms with Gasteiger partial charge in [-0.3, -0.25) is 0 Å². The lowest BCUT2D eigenvalue weighted by atomic mass is 9.98. The molecule has 0 saturated carbocycles. The average Bonchev–Trinajstić information content (AvgIpc) is 2.33. The zero-order chi connectivity index (χ0) is 14.2. The van der Waals surface area contributed by atoms with E-state index in [1.807, 2.05) is 0 Å². The molecule has 5 heteroatoms. The Morgan fingerprint density at radius 2 is 1.68 bits per heavy atom. The highest BCUT2D eigenvalue weighted by Crippen LogP contribution is 2.29. The molecule has 0 atom stereocenters. The van der Waals surface area contributed by atoms with E-state index in [-0.39, 0.29) is 22.3 Å². The van der Waals surface area contributed by atoms with Gasteiger partial charge in [-0.05, 0) is 42.8 Å². The summed E-state index contributed by atoms with van der Waals surface area (Å²) in [4.78, 5) is 11.0. The lowest BCUT2D eigenvalue weighted by Crippen LogP contribution is -2.02. The summed E-state index contributed by atoms with van der Waals surface area (Å²) in [6.07, 6.45) is 0. The lowest BCUT2D eigenvalue weighted by molar-refractivity contribution is 0.0697. The molecular formula is C14H9F3O2. The monoisotopic (exact) mass is 266 g/mol. The van der Waals surface area contributed by atoms with E-state index < -0.39 is 23.4 Å². The average molecular weight is 266 g/mol. The number of rotatable bonds is 2. The van der Waals surface area contributed by atoms with Crippen LogP contribution in [0, 0.1) is 24.4 Å². The number of hydrogen-bond acceptors (Lipinski definition) is 1. The van der Waals surface area contributed by atoms with Crippen LogP contribution >= 0.6 is 0 Å². The van der Waals surface area contributed by atoms with Crippen LogP contribution in [0.4, 0.5) is 13.2 Å². The second-order valence-electron chi connectivity index (χ2n) is 4.08. The highest BCUT2D eigenvalue weighted by Gasteiger charge is 2.17. The van der Waals surface area contributed by atoms with Gasteiger partial charge < -0.3 is 5.11 Å². The Hall–Kier alpha value is -2.30. The Balaban J connectivity index is 2.74. The minimum atomic E-state index is -1.34. The third-order valence-electron chi connectivity index (χ3n) is 2.75. The number of hydrogen-bond donors (Lipinski definition) is 1. The first kappa shape index (κ1) is 13.1. The van der Waals surface area contributed by atoms with E-state index in [4.69, 9.17) is 5.11 Å². The molecule has 0 spiro atoms. The molecule has 1 N–H and O–H groups in total. The molecule has 2 nitrogen and oxygen atoms in total. The molecule has 0 heterocycles. The Kier molecular flexibility index (Phi) is 3.29. The summed E-state index contributed by atoms with van der Waals surface area (Å²) in [7, 11) is 0. The first-order valence-corrected chi connectivity index (χ1v) is 5.39. The molecule has 2 rings (SSSR count). The molecule has 0 aliphatic carbocycles. The van der Waals surface area contributed by atoms with E-state index in [0.717, 1.165) is 30.3 Å². The Bertz CT molecular complexity index is 666. The SMILES string of the molecule is Cc1cc(F)c(-c2cc(F)ccc2C(=O)O)cc1F. The molecule has 0 saturated heterocycles. The predicted octanol–water partition coefficient (Wildman–Crippen LogP) is 3.78. The molecule has 2 aromatic carbocycles. The normalized spacial score (nSPS) is 10.5. The maximum atomic E-state index is 13.8. The van der Waals surface area contributed by atoms with Gasteiger partial charge in [0.2, 0.25) is 0 Å². The molecular weight excluding hydrogens is 257 g/mol. The van der Waals surface area contributed by atoms with Gasteiger partial charge >= 0.3 is 5.97 Å². The smallest absolute Gasteiger partial charge is 0.336 e. The number of halogens is 3. The Labute approximate surface area is 107 Å². The highest BCUT2D eigenvalue weighted by molar-refractivity contribution is 5.96. The van der Waals surface area contributed by atoms with Crippen LogP contribution in [0.3, 0.4) is 0 Å². The summed E-state index contributed by atoms with van der Waals surface area (Å²) in [6.45, 7) is 1.38. The molecule has 0 unspecified atom stereocenters. The van der Waals surface area contributed by atoms with Crippen LogP contribution in [0.5, 0.6) is 0 Å². The maximum absolute atomic E-state index is 13.8. The summed E-state index contributed by atoms with van der Waals surface area (Å²) in [5, 5.41) is 8.99. The molecule has 19 heavy (non-hydrogen) atoms. The fraction of sp³-hybridized carbons (Fsp3) is 0.0714. The summed E-state index contributed by atoms with van der Waals surface area (Å²) < 4.78 is 40.5. The number of carboxylic acid groups (broad SMARTS) is 1. The number of aryl methyl sites for hydroxylation is 1. The van der Waals surface area contributed by atoms with Gasteiger partial charge in [-0.15, -0.1) is 0 Å². The van der Waals surface area contributed by atoms with Crippen LogP contribution < -0.4 is 0 Å². The molecule has 0 amide bonds. The number of carbonyl (C=O) groups is 1. The minimum absolute atomic E-state index is 0.0922. The molecule has 0 aliphatic rings. The topological polar surface area (TPSA) is 37.3 Å². The fourth-order valence-corrected chi connectivity index (χ4v) is 1.78. The van der Waals surface area contributed by atoms with Crippen molar-refractivity contribution in [2.75, 3.05) is 0 Å². The maximum Gasteiger partial charge on any atom is 0.336 e. The van der Waals surface area contributed by atoms with Crippen molar-refractivity contribution in [3.63, 3.8) is 0 Å². The van der Waals surface area contributed by atoms with Crippen molar-refractivity contribution >= 4 is 5.97 Å². The standard InChI is InChI=1S/C14H9F3O2/c1-7-4-13(17)11(6-12(7)16)10-5-8(15)2-3-9(10)14(18)19/h2-6H,1H3,(H,18,19). The van der Waals surface area contributed by atoms with Crippen LogP contribution in [-0.4, -0.2) is 11.1 Å². The fourth-order valence-electron chi connectivity index (χ4n) is 1.78. The third kappa shape index (κ3) is 2.45. The van der Waals surface area contributed by atoms with Crippen LogP contribution in [0.1, 0.15) is 15.9 Å². The van der Waals surface area contributed by atoms with Crippen molar-refractivity contribution < 1.29 is 23.1 Å². The summed E-state index contributed by atoms with van der Waals surface area (Å²) in [6, 6.07) is 4.66. The van der Waals surface area contributed by atoms with Gasteiger partial charge in [0.25, 0.3) is 0 Å². The van der Waals surface area contributed by atoms with Crippen LogP contribution in [0.25, 0.3) is 11.1 Å². The first-order chi connectivity index (χ1) is 8.90. The minimum Gasteiger partial charge on any atom is -0.478 e.